The first-order valence-corrected chi connectivity index (χ1v) is 8.14. The number of ether oxygens (including phenoxy) is 1. The van der Waals surface area contributed by atoms with E-state index in [0.717, 1.165) is 5.69 Å². The number of hydrogen-bond donors (Lipinski definition) is 0. The fourth-order valence-corrected chi connectivity index (χ4v) is 2.95. The van der Waals surface area contributed by atoms with Crippen LogP contribution in [0.3, 0.4) is 0 Å². The molecule has 0 aliphatic carbocycles. The van der Waals surface area contributed by atoms with Crippen LogP contribution in [-0.2, 0) is 10.3 Å². The number of rotatable bonds is 2. The first kappa shape index (κ1) is 17.0. The van der Waals surface area contributed by atoms with Gasteiger partial charge in [-0.25, -0.2) is 0 Å². The molecule has 0 bridgehead atoms. The lowest BCUT2D eigenvalue weighted by Crippen LogP contribution is -2.48. The van der Waals surface area contributed by atoms with Crippen LogP contribution in [0.4, 0.5) is 0 Å². The molecule has 0 spiro atoms. The maximum atomic E-state index is 12.8. The van der Waals surface area contributed by atoms with E-state index in [1.54, 1.807) is 0 Å². The van der Waals surface area contributed by atoms with E-state index >= 15 is 0 Å². The van der Waals surface area contributed by atoms with E-state index in [1.165, 1.54) is 0 Å². The van der Waals surface area contributed by atoms with E-state index in [2.05, 4.69) is 39.7 Å². The summed E-state index contributed by atoms with van der Waals surface area (Å²) < 4.78 is 7.69. The lowest BCUT2D eigenvalue weighted by Gasteiger charge is -2.34. The Labute approximate surface area is 133 Å². The Morgan fingerprint density at radius 2 is 1.82 bits per heavy atom. The van der Waals surface area contributed by atoms with Crippen LogP contribution in [0.15, 0.2) is 6.07 Å². The standard InChI is InChI=1S/C17H29N3O2/c1-11(2)15-8-14(18-20(15)17(5,6)7)16(21)19-9-12(3)22-13(4)10-19/h8,11-13H,9-10H2,1-7H3/t12-,13-/m1/s1. The number of amides is 1. The van der Waals surface area contributed by atoms with Gasteiger partial charge >= 0.3 is 0 Å². The van der Waals surface area contributed by atoms with Crippen LogP contribution >= 0.6 is 0 Å². The Kier molecular flexibility index (Phi) is 4.66. The second-order valence-electron chi connectivity index (χ2n) is 7.66. The van der Waals surface area contributed by atoms with Crippen molar-refractivity contribution in [3.8, 4) is 0 Å². The zero-order valence-corrected chi connectivity index (χ0v) is 14.9. The Bertz CT molecular complexity index is 533. The molecule has 1 saturated heterocycles. The van der Waals surface area contributed by atoms with E-state index in [-0.39, 0.29) is 23.7 Å². The lowest BCUT2D eigenvalue weighted by molar-refractivity contribution is -0.0587. The van der Waals surface area contributed by atoms with E-state index in [0.29, 0.717) is 24.7 Å². The van der Waals surface area contributed by atoms with Gasteiger partial charge in [0.1, 0.15) is 0 Å². The Balaban J connectivity index is 2.30. The van der Waals surface area contributed by atoms with E-state index in [9.17, 15) is 4.79 Å². The molecule has 22 heavy (non-hydrogen) atoms. The second-order valence-corrected chi connectivity index (χ2v) is 7.66. The average Bonchev–Trinajstić information content (AvgIpc) is 2.81. The largest absolute Gasteiger partial charge is 0.372 e. The fraction of sp³-hybridized carbons (Fsp3) is 0.765. The third-order valence-corrected chi connectivity index (χ3v) is 3.89. The highest BCUT2D eigenvalue weighted by Crippen LogP contribution is 2.24. The minimum atomic E-state index is -0.135. The van der Waals surface area contributed by atoms with Crippen molar-refractivity contribution >= 4 is 5.91 Å². The van der Waals surface area contributed by atoms with Crippen molar-refractivity contribution in [3.63, 3.8) is 0 Å². The summed E-state index contributed by atoms with van der Waals surface area (Å²) in [5.41, 5.74) is 1.51. The molecule has 0 unspecified atom stereocenters. The molecule has 1 aromatic heterocycles. The van der Waals surface area contributed by atoms with Gasteiger partial charge in [0.05, 0.1) is 17.7 Å². The second kappa shape index (κ2) is 6.03. The first-order valence-electron chi connectivity index (χ1n) is 8.14. The molecule has 2 atom stereocenters. The lowest BCUT2D eigenvalue weighted by atomic mass is 10.1. The zero-order chi connectivity index (χ0) is 16.7. The van der Waals surface area contributed by atoms with Gasteiger partial charge in [-0.15, -0.1) is 0 Å². The van der Waals surface area contributed by atoms with Crippen LogP contribution in [0.25, 0.3) is 0 Å². The predicted molar refractivity (Wildman–Crippen MR) is 87.2 cm³/mol. The van der Waals surface area contributed by atoms with Crippen molar-refractivity contribution in [1.29, 1.82) is 0 Å². The van der Waals surface area contributed by atoms with Crippen LogP contribution in [-0.4, -0.2) is 45.9 Å². The summed E-state index contributed by atoms with van der Waals surface area (Å²) in [7, 11) is 0. The normalized spacial score (nSPS) is 23.2. The van der Waals surface area contributed by atoms with Crippen molar-refractivity contribution in [2.75, 3.05) is 13.1 Å². The van der Waals surface area contributed by atoms with Gasteiger partial charge < -0.3 is 9.64 Å². The van der Waals surface area contributed by atoms with Crippen molar-refractivity contribution in [1.82, 2.24) is 14.7 Å². The van der Waals surface area contributed by atoms with Gasteiger partial charge in [-0.3, -0.25) is 9.48 Å². The Morgan fingerprint density at radius 1 is 1.27 bits per heavy atom. The van der Waals surface area contributed by atoms with Gasteiger partial charge in [0.15, 0.2) is 5.69 Å². The fourth-order valence-electron chi connectivity index (χ4n) is 2.95. The van der Waals surface area contributed by atoms with Crippen molar-refractivity contribution in [3.05, 3.63) is 17.5 Å². The van der Waals surface area contributed by atoms with Crippen molar-refractivity contribution in [2.45, 2.75) is 72.1 Å². The quantitative estimate of drug-likeness (QED) is 0.844. The minimum Gasteiger partial charge on any atom is -0.372 e. The molecule has 2 rings (SSSR count). The van der Waals surface area contributed by atoms with E-state index < -0.39 is 0 Å². The molecule has 1 aliphatic heterocycles. The Morgan fingerprint density at radius 3 is 2.23 bits per heavy atom. The number of morpholine rings is 1. The SMILES string of the molecule is CC(C)c1cc(C(=O)N2C[C@@H](C)O[C@H](C)C2)nn1C(C)(C)C. The van der Waals surface area contributed by atoms with Crippen LogP contribution in [0.5, 0.6) is 0 Å². The summed E-state index contributed by atoms with van der Waals surface area (Å²) in [5.74, 6) is 0.336. The monoisotopic (exact) mass is 307 g/mol. The highest BCUT2D eigenvalue weighted by molar-refractivity contribution is 5.92. The summed E-state index contributed by atoms with van der Waals surface area (Å²) in [6, 6.07) is 1.95. The van der Waals surface area contributed by atoms with E-state index in [1.807, 2.05) is 29.5 Å². The third-order valence-electron chi connectivity index (χ3n) is 3.89. The molecule has 2 heterocycles. The molecule has 0 N–H and O–H groups in total. The van der Waals surface area contributed by atoms with Crippen LogP contribution in [0.2, 0.25) is 0 Å². The molecule has 0 aromatic carbocycles. The van der Waals surface area contributed by atoms with Crippen LogP contribution < -0.4 is 0 Å². The van der Waals surface area contributed by atoms with E-state index in [4.69, 9.17) is 4.74 Å². The zero-order valence-electron chi connectivity index (χ0n) is 14.9. The summed E-state index contributed by atoms with van der Waals surface area (Å²) >= 11 is 0. The summed E-state index contributed by atoms with van der Waals surface area (Å²) in [6.45, 7) is 15.9. The molecule has 0 radical (unpaired) electrons. The number of nitrogens with zero attached hydrogens (tertiary/aromatic N) is 3. The van der Waals surface area contributed by atoms with Gasteiger partial charge in [0.25, 0.3) is 5.91 Å². The van der Waals surface area contributed by atoms with Gasteiger partial charge in [-0.2, -0.15) is 5.10 Å². The first-order chi connectivity index (χ1) is 10.1. The molecular formula is C17H29N3O2. The van der Waals surface area contributed by atoms with Crippen molar-refractivity contribution in [2.24, 2.45) is 0 Å². The maximum absolute atomic E-state index is 12.8. The van der Waals surface area contributed by atoms with Crippen LogP contribution in [0.1, 0.15) is 70.6 Å². The summed E-state index contributed by atoms with van der Waals surface area (Å²) in [4.78, 5) is 14.7. The minimum absolute atomic E-state index is 0.00639. The van der Waals surface area contributed by atoms with Gasteiger partial charge in [-0.1, -0.05) is 13.8 Å². The number of aromatic nitrogens is 2. The van der Waals surface area contributed by atoms with Gasteiger partial charge in [-0.05, 0) is 46.6 Å². The van der Waals surface area contributed by atoms with Crippen LogP contribution in [0, 0.1) is 0 Å². The summed E-state index contributed by atoms with van der Waals surface area (Å²) in [6.07, 6.45) is 0.143. The molecule has 1 amide bonds. The number of carbonyl (C=O) groups is 1. The molecular weight excluding hydrogens is 278 g/mol. The molecule has 5 heteroatoms. The highest BCUT2D eigenvalue weighted by Gasteiger charge is 2.30. The molecule has 5 nitrogen and oxygen atoms in total. The maximum Gasteiger partial charge on any atom is 0.274 e. The molecule has 0 saturated carbocycles. The topological polar surface area (TPSA) is 47.4 Å². The molecule has 124 valence electrons. The average molecular weight is 307 g/mol. The number of hydrogen-bond acceptors (Lipinski definition) is 3. The summed E-state index contributed by atoms with van der Waals surface area (Å²) in [5, 5.41) is 4.61. The molecule has 1 aliphatic rings. The van der Waals surface area contributed by atoms with Gasteiger partial charge in [0.2, 0.25) is 0 Å². The highest BCUT2D eigenvalue weighted by atomic mass is 16.5. The number of carbonyl (C=O) groups excluding carboxylic acids is 1. The smallest absolute Gasteiger partial charge is 0.274 e. The Hall–Kier alpha value is -1.36. The van der Waals surface area contributed by atoms with Crippen molar-refractivity contribution < 1.29 is 9.53 Å². The van der Waals surface area contributed by atoms with Gasteiger partial charge in [0, 0.05) is 18.8 Å². The molecule has 1 fully saturated rings. The molecule has 1 aromatic rings. The predicted octanol–water partition coefficient (Wildman–Crippen LogP) is 3.01. The third kappa shape index (κ3) is 3.51.